The zero-order chi connectivity index (χ0) is 8.81. The topological polar surface area (TPSA) is 60.9 Å². The minimum absolute atomic E-state index is 0.185. The summed E-state index contributed by atoms with van der Waals surface area (Å²) >= 11 is 0. The second kappa shape index (κ2) is 4.90. The summed E-state index contributed by atoms with van der Waals surface area (Å²) in [6.45, 7) is 2.96. The van der Waals surface area contributed by atoms with Crippen molar-refractivity contribution >= 4 is 0 Å². The molecule has 0 bridgehead atoms. The Morgan fingerprint density at radius 2 is 2.58 bits per heavy atom. The Bertz CT molecular complexity index is 194. The van der Waals surface area contributed by atoms with E-state index >= 15 is 0 Å². The summed E-state index contributed by atoms with van der Waals surface area (Å²) in [6, 6.07) is 2.10. The monoisotopic (exact) mass is 169 g/mol. The number of aliphatic hydroxyl groups is 1. The summed E-state index contributed by atoms with van der Waals surface area (Å²) in [5.41, 5.74) is 1.04. The highest BCUT2D eigenvalue weighted by Gasteiger charge is 2.02. The van der Waals surface area contributed by atoms with E-state index in [4.69, 9.17) is 5.11 Å². The van der Waals surface area contributed by atoms with Gasteiger partial charge in [0.2, 0.25) is 0 Å². The Morgan fingerprint density at radius 1 is 1.75 bits per heavy atom. The molecule has 4 heteroatoms. The van der Waals surface area contributed by atoms with E-state index in [0.717, 1.165) is 18.7 Å². The highest BCUT2D eigenvalue weighted by atomic mass is 16.3. The highest BCUT2D eigenvalue weighted by Crippen LogP contribution is 1.94. The number of nitrogens with one attached hydrogen (secondary N) is 2. The quantitative estimate of drug-likeness (QED) is 0.593. The average molecular weight is 169 g/mol. The third kappa shape index (κ3) is 2.64. The fraction of sp³-hybridized carbons (Fsp3) is 0.625. The molecule has 0 spiro atoms. The van der Waals surface area contributed by atoms with Crippen molar-refractivity contribution in [2.45, 2.75) is 25.9 Å². The Kier molecular flexibility index (Phi) is 3.76. The van der Waals surface area contributed by atoms with E-state index in [1.807, 2.05) is 13.0 Å². The van der Waals surface area contributed by atoms with Crippen molar-refractivity contribution in [2.75, 3.05) is 6.61 Å². The number of H-pyrrole nitrogens is 1. The van der Waals surface area contributed by atoms with Crippen LogP contribution in [0, 0.1) is 0 Å². The van der Waals surface area contributed by atoms with Gasteiger partial charge in [-0.1, -0.05) is 6.92 Å². The van der Waals surface area contributed by atoms with E-state index in [0.29, 0.717) is 0 Å². The van der Waals surface area contributed by atoms with Crippen molar-refractivity contribution in [3.8, 4) is 0 Å². The van der Waals surface area contributed by atoms with E-state index in [9.17, 15) is 0 Å². The Morgan fingerprint density at radius 3 is 3.08 bits per heavy atom. The van der Waals surface area contributed by atoms with E-state index in [2.05, 4.69) is 15.5 Å². The van der Waals surface area contributed by atoms with Gasteiger partial charge in [0.15, 0.2) is 0 Å². The van der Waals surface area contributed by atoms with Gasteiger partial charge in [0.1, 0.15) is 0 Å². The first-order chi connectivity index (χ1) is 5.86. The van der Waals surface area contributed by atoms with Gasteiger partial charge < -0.3 is 10.4 Å². The predicted octanol–water partition coefficient (Wildman–Crippen LogP) is 0.270. The van der Waals surface area contributed by atoms with E-state index < -0.39 is 0 Å². The largest absolute Gasteiger partial charge is 0.395 e. The molecule has 0 aliphatic heterocycles. The maximum absolute atomic E-state index is 8.87. The first-order valence-electron chi connectivity index (χ1n) is 4.19. The fourth-order valence-corrected chi connectivity index (χ4v) is 0.975. The van der Waals surface area contributed by atoms with Crippen LogP contribution in [0.2, 0.25) is 0 Å². The second-order valence-electron chi connectivity index (χ2n) is 2.75. The van der Waals surface area contributed by atoms with Crippen molar-refractivity contribution < 1.29 is 5.11 Å². The summed E-state index contributed by atoms with van der Waals surface area (Å²) in [4.78, 5) is 0. The molecule has 1 aromatic heterocycles. The molecule has 4 nitrogen and oxygen atoms in total. The minimum atomic E-state index is 0.185. The molecule has 1 heterocycles. The standard InChI is InChI=1S/C8H15N3O/c1-2-7(6-12)9-5-8-3-4-10-11-8/h3-4,7,9,12H,2,5-6H2,1H3,(H,10,11). The number of aromatic nitrogens is 2. The fourth-order valence-electron chi connectivity index (χ4n) is 0.975. The predicted molar refractivity (Wildman–Crippen MR) is 46.6 cm³/mol. The summed E-state index contributed by atoms with van der Waals surface area (Å²) < 4.78 is 0. The van der Waals surface area contributed by atoms with Crippen LogP contribution in [0.5, 0.6) is 0 Å². The molecule has 1 rings (SSSR count). The second-order valence-corrected chi connectivity index (χ2v) is 2.75. The molecule has 12 heavy (non-hydrogen) atoms. The van der Waals surface area contributed by atoms with Gasteiger partial charge >= 0.3 is 0 Å². The van der Waals surface area contributed by atoms with Crippen molar-refractivity contribution in [3.63, 3.8) is 0 Å². The summed E-state index contributed by atoms with van der Waals surface area (Å²) in [5, 5.41) is 18.7. The lowest BCUT2D eigenvalue weighted by Crippen LogP contribution is -2.31. The third-order valence-electron chi connectivity index (χ3n) is 1.85. The van der Waals surface area contributed by atoms with Crippen molar-refractivity contribution in [3.05, 3.63) is 18.0 Å². The van der Waals surface area contributed by atoms with Crippen LogP contribution >= 0.6 is 0 Å². The molecule has 3 N–H and O–H groups in total. The van der Waals surface area contributed by atoms with Crippen LogP contribution in [-0.2, 0) is 6.54 Å². The molecule has 0 aliphatic rings. The molecule has 1 unspecified atom stereocenters. The number of hydrogen-bond donors (Lipinski definition) is 3. The van der Waals surface area contributed by atoms with Gasteiger partial charge in [-0.25, -0.2) is 0 Å². The molecule has 0 radical (unpaired) electrons. The Hall–Kier alpha value is -0.870. The van der Waals surface area contributed by atoms with Gasteiger partial charge in [0.25, 0.3) is 0 Å². The lowest BCUT2D eigenvalue weighted by molar-refractivity contribution is 0.238. The Labute approximate surface area is 72.0 Å². The Balaban J connectivity index is 2.25. The van der Waals surface area contributed by atoms with Crippen molar-refractivity contribution in [1.29, 1.82) is 0 Å². The molecule has 0 aromatic carbocycles. The SMILES string of the molecule is CCC(CO)NCc1ccn[nH]1. The van der Waals surface area contributed by atoms with Crippen LogP contribution < -0.4 is 5.32 Å². The first kappa shape index (κ1) is 9.22. The molecular formula is C8H15N3O. The molecule has 0 saturated carbocycles. The molecule has 0 aliphatic carbocycles. The van der Waals surface area contributed by atoms with Crippen LogP contribution in [0.4, 0.5) is 0 Å². The third-order valence-corrected chi connectivity index (χ3v) is 1.85. The first-order valence-corrected chi connectivity index (χ1v) is 4.19. The van der Waals surface area contributed by atoms with E-state index in [1.54, 1.807) is 6.20 Å². The smallest absolute Gasteiger partial charge is 0.0584 e. The number of nitrogens with zero attached hydrogens (tertiary/aromatic N) is 1. The van der Waals surface area contributed by atoms with Crippen LogP contribution in [0.3, 0.4) is 0 Å². The van der Waals surface area contributed by atoms with Gasteiger partial charge in [-0.2, -0.15) is 5.10 Å². The lowest BCUT2D eigenvalue weighted by atomic mass is 10.2. The molecule has 0 amide bonds. The number of aromatic amines is 1. The van der Waals surface area contributed by atoms with Gasteiger partial charge in [0, 0.05) is 24.5 Å². The normalized spacial score (nSPS) is 13.2. The van der Waals surface area contributed by atoms with Gasteiger partial charge in [-0.3, -0.25) is 5.10 Å². The summed E-state index contributed by atoms with van der Waals surface area (Å²) in [7, 11) is 0. The molecule has 68 valence electrons. The zero-order valence-electron chi connectivity index (χ0n) is 7.25. The van der Waals surface area contributed by atoms with Crippen molar-refractivity contribution in [2.24, 2.45) is 0 Å². The summed E-state index contributed by atoms with van der Waals surface area (Å²) in [6.07, 6.45) is 2.65. The van der Waals surface area contributed by atoms with Gasteiger partial charge in [-0.05, 0) is 12.5 Å². The number of aliphatic hydroxyl groups excluding tert-OH is 1. The molecule has 1 atom stereocenters. The van der Waals surface area contributed by atoms with Crippen LogP contribution in [0.15, 0.2) is 12.3 Å². The highest BCUT2D eigenvalue weighted by molar-refractivity contribution is 4.96. The average Bonchev–Trinajstić information content (AvgIpc) is 2.59. The lowest BCUT2D eigenvalue weighted by Gasteiger charge is -2.12. The van der Waals surface area contributed by atoms with Gasteiger partial charge in [0.05, 0.1) is 6.61 Å². The minimum Gasteiger partial charge on any atom is -0.395 e. The van der Waals surface area contributed by atoms with Crippen LogP contribution in [0.25, 0.3) is 0 Å². The maximum Gasteiger partial charge on any atom is 0.0584 e. The molecule has 0 fully saturated rings. The number of hydrogen-bond acceptors (Lipinski definition) is 3. The zero-order valence-corrected chi connectivity index (χ0v) is 7.25. The van der Waals surface area contributed by atoms with E-state index in [1.165, 1.54) is 0 Å². The van der Waals surface area contributed by atoms with Crippen LogP contribution in [0.1, 0.15) is 19.0 Å². The molecule has 0 saturated heterocycles. The van der Waals surface area contributed by atoms with Crippen LogP contribution in [-0.4, -0.2) is 28.0 Å². The number of rotatable bonds is 5. The molecule has 1 aromatic rings. The maximum atomic E-state index is 8.87. The van der Waals surface area contributed by atoms with Crippen molar-refractivity contribution in [1.82, 2.24) is 15.5 Å². The van der Waals surface area contributed by atoms with E-state index in [-0.39, 0.29) is 12.6 Å². The molecular weight excluding hydrogens is 154 g/mol. The summed E-state index contributed by atoms with van der Waals surface area (Å²) in [5.74, 6) is 0. The van der Waals surface area contributed by atoms with Gasteiger partial charge in [-0.15, -0.1) is 0 Å².